The number of rotatable bonds is 4. The van der Waals surface area contributed by atoms with E-state index in [-0.39, 0.29) is 18.3 Å². The Bertz CT molecular complexity index is 743. The zero-order chi connectivity index (χ0) is 15.2. The standard InChI is InChI=1S/C19H16N2O.ClH/c22-19(18-7-4-12-20-14-18)21-13-15-8-10-17(11-9-15)16-5-2-1-3-6-16;/h1-12,14H,13H2,(H,21,22);1H. The van der Waals surface area contributed by atoms with Gasteiger partial charge in [0.25, 0.3) is 5.91 Å². The number of hydrogen-bond donors (Lipinski definition) is 1. The number of halogens is 1. The van der Waals surface area contributed by atoms with Gasteiger partial charge in [-0.05, 0) is 28.8 Å². The molecule has 0 unspecified atom stereocenters. The van der Waals surface area contributed by atoms with E-state index >= 15 is 0 Å². The van der Waals surface area contributed by atoms with Crippen LogP contribution in [-0.4, -0.2) is 10.9 Å². The van der Waals surface area contributed by atoms with Crippen molar-refractivity contribution in [2.75, 3.05) is 0 Å². The smallest absolute Gasteiger partial charge is 0.253 e. The van der Waals surface area contributed by atoms with Crippen LogP contribution < -0.4 is 5.32 Å². The number of nitrogens with one attached hydrogen (secondary N) is 1. The maximum Gasteiger partial charge on any atom is 0.253 e. The van der Waals surface area contributed by atoms with Gasteiger partial charge in [-0.15, -0.1) is 12.4 Å². The van der Waals surface area contributed by atoms with Crippen LogP contribution in [0.3, 0.4) is 0 Å². The second kappa shape index (κ2) is 8.11. The molecular weight excluding hydrogens is 308 g/mol. The van der Waals surface area contributed by atoms with E-state index in [9.17, 15) is 4.79 Å². The van der Waals surface area contributed by atoms with Gasteiger partial charge in [-0.3, -0.25) is 9.78 Å². The topological polar surface area (TPSA) is 42.0 Å². The van der Waals surface area contributed by atoms with E-state index < -0.39 is 0 Å². The molecule has 3 aromatic rings. The molecule has 2 aromatic carbocycles. The number of carbonyl (C=O) groups excluding carboxylic acids is 1. The lowest BCUT2D eigenvalue weighted by Crippen LogP contribution is -2.22. The summed E-state index contributed by atoms with van der Waals surface area (Å²) in [5.74, 6) is -0.111. The quantitative estimate of drug-likeness (QED) is 0.785. The molecular formula is C19H17ClN2O. The first-order valence-corrected chi connectivity index (χ1v) is 7.15. The zero-order valence-corrected chi connectivity index (χ0v) is 13.3. The molecule has 3 rings (SSSR count). The molecule has 1 amide bonds. The fraction of sp³-hybridized carbons (Fsp3) is 0.0526. The number of benzene rings is 2. The Balaban J connectivity index is 0.00000192. The Morgan fingerprint density at radius 2 is 1.57 bits per heavy atom. The summed E-state index contributed by atoms with van der Waals surface area (Å²) in [7, 11) is 0. The maximum absolute atomic E-state index is 12.0. The van der Waals surface area contributed by atoms with Gasteiger partial charge >= 0.3 is 0 Å². The normalized spacial score (nSPS) is 9.74. The van der Waals surface area contributed by atoms with Gasteiger partial charge in [-0.2, -0.15) is 0 Å². The molecule has 0 fully saturated rings. The minimum Gasteiger partial charge on any atom is -0.348 e. The fourth-order valence-electron chi connectivity index (χ4n) is 2.23. The largest absolute Gasteiger partial charge is 0.348 e. The Morgan fingerprint density at radius 3 is 2.22 bits per heavy atom. The van der Waals surface area contributed by atoms with Crippen LogP contribution in [0.1, 0.15) is 15.9 Å². The highest BCUT2D eigenvalue weighted by Crippen LogP contribution is 2.19. The van der Waals surface area contributed by atoms with E-state index in [4.69, 9.17) is 0 Å². The Hall–Kier alpha value is -2.65. The van der Waals surface area contributed by atoms with Crippen molar-refractivity contribution in [2.45, 2.75) is 6.54 Å². The van der Waals surface area contributed by atoms with Crippen LogP contribution >= 0.6 is 12.4 Å². The molecule has 0 aliphatic rings. The summed E-state index contributed by atoms with van der Waals surface area (Å²) in [6, 6.07) is 21.9. The van der Waals surface area contributed by atoms with Crippen LogP contribution in [0.15, 0.2) is 79.1 Å². The van der Waals surface area contributed by atoms with Crippen molar-refractivity contribution in [3.63, 3.8) is 0 Å². The lowest BCUT2D eigenvalue weighted by atomic mass is 10.0. The van der Waals surface area contributed by atoms with Crippen molar-refractivity contribution >= 4 is 18.3 Å². The number of carbonyl (C=O) groups is 1. The monoisotopic (exact) mass is 324 g/mol. The van der Waals surface area contributed by atoms with Gasteiger partial charge in [0.2, 0.25) is 0 Å². The highest BCUT2D eigenvalue weighted by Gasteiger charge is 2.04. The first-order valence-electron chi connectivity index (χ1n) is 7.15. The van der Waals surface area contributed by atoms with E-state index in [0.29, 0.717) is 12.1 Å². The summed E-state index contributed by atoms with van der Waals surface area (Å²) < 4.78 is 0. The Labute approximate surface area is 141 Å². The van der Waals surface area contributed by atoms with Crippen LogP contribution in [-0.2, 0) is 6.54 Å². The van der Waals surface area contributed by atoms with Crippen molar-refractivity contribution < 1.29 is 4.79 Å². The lowest BCUT2D eigenvalue weighted by Gasteiger charge is -2.07. The third-order valence-corrected chi connectivity index (χ3v) is 3.44. The van der Waals surface area contributed by atoms with Crippen LogP contribution in [0, 0.1) is 0 Å². The molecule has 4 heteroatoms. The Kier molecular flexibility index (Phi) is 5.89. The van der Waals surface area contributed by atoms with E-state index in [1.165, 1.54) is 11.1 Å². The highest BCUT2D eigenvalue weighted by molar-refractivity contribution is 5.93. The van der Waals surface area contributed by atoms with E-state index in [0.717, 1.165) is 5.56 Å². The summed E-state index contributed by atoms with van der Waals surface area (Å²) in [5.41, 5.74) is 4.00. The van der Waals surface area contributed by atoms with Gasteiger partial charge < -0.3 is 5.32 Å². The van der Waals surface area contributed by atoms with Crippen molar-refractivity contribution in [2.24, 2.45) is 0 Å². The molecule has 1 heterocycles. The lowest BCUT2D eigenvalue weighted by molar-refractivity contribution is 0.0950. The summed E-state index contributed by atoms with van der Waals surface area (Å²) in [6.45, 7) is 0.503. The highest BCUT2D eigenvalue weighted by atomic mass is 35.5. The van der Waals surface area contributed by atoms with E-state index in [1.807, 2.05) is 30.3 Å². The second-order valence-corrected chi connectivity index (χ2v) is 4.99. The van der Waals surface area contributed by atoms with E-state index in [1.54, 1.807) is 24.5 Å². The molecule has 1 N–H and O–H groups in total. The van der Waals surface area contributed by atoms with Gasteiger partial charge in [0.05, 0.1) is 5.56 Å². The summed E-state index contributed by atoms with van der Waals surface area (Å²) >= 11 is 0. The van der Waals surface area contributed by atoms with Crippen LogP contribution in [0.4, 0.5) is 0 Å². The SMILES string of the molecule is Cl.O=C(NCc1ccc(-c2ccccc2)cc1)c1cccnc1. The number of pyridine rings is 1. The first-order chi connectivity index (χ1) is 10.8. The molecule has 0 saturated heterocycles. The number of aromatic nitrogens is 1. The summed E-state index contributed by atoms with van der Waals surface area (Å²) in [4.78, 5) is 15.9. The number of amides is 1. The Morgan fingerprint density at radius 1 is 0.870 bits per heavy atom. The average Bonchev–Trinajstić information content (AvgIpc) is 2.61. The van der Waals surface area contributed by atoms with Gasteiger partial charge in [0, 0.05) is 18.9 Å². The van der Waals surface area contributed by atoms with Crippen molar-refractivity contribution in [1.29, 1.82) is 0 Å². The molecule has 116 valence electrons. The maximum atomic E-state index is 12.0. The molecule has 0 bridgehead atoms. The fourth-order valence-corrected chi connectivity index (χ4v) is 2.23. The average molecular weight is 325 g/mol. The summed E-state index contributed by atoms with van der Waals surface area (Å²) in [5, 5.41) is 2.90. The molecule has 0 saturated carbocycles. The summed E-state index contributed by atoms with van der Waals surface area (Å²) in [6.07, 6.45) is 3.22. The molecule has 0 spiro atoms. The molecule has 23 heavy (non-hydrogen) atoms. The molecule has 3 nitrogen and oxygen atoms in total. The first kappa shape index (κ1) is 16.7. The van der Waals surface area contributed by atoms with Crippen molar-refractivity contribution in [3.8, 4) is 11.1 Å². The molecule has 1 aromatic heterocycles. The second-order valence-electron chi connectivity index (χ2n) is 4.99. The zero-order valence-electron chi connectivity index (χ0n) is 12.5. The third kappa shape index (κ3) is 4.41. The molecule has 0 aliphatic carbocycles. The van der Waals surface area contributed by atoms with E-state index in [2.05, 4.69) is 34.6 Å². The van der Waals surface area contributed by atoms with Gasteiger partial charge in [-0.1, -0.05) is 54.6 Å². The van der Waals surface area contributed by atoms with Crippen LogP contribution in [0.25, 0.3) is 11.1 Å². The minimum atomic E-state index is -0.111. The van der Waals surface area contributed by atoms with Gasteiger partial charge in [-0.25, -0.2) is 0 Å². The van der Waals surface area contributed by atoms with Gasteiger partial charge in [0.1, 0.15) is 0 Å². The van der Waals surface area contributed by atoms with Crippen LogP contribution in [0.5, 0.6) is 0 Å². The predicted molar refractivity (Wildman–Crippen MR) is 94.5 cm³/mol. The van der Waals surface area contributed by atoms with Crippen LogP contribution in [0.2, 0.25) is 0 Å². The molecule has 0 radical (unpaired) electrons. The minimum absolute atomic E-state index is 0. The molecule has 0 aliphatic heterocycles. The van der Waals surface area contributed by atoms with Crippen molar-refractivity contribution in [3.05, 3.63) is 90.3 Å². The number of nitrogens with zero attached hydrogens (tertiary/aromatic N) is 1. The molecule has 0 atom stereocenters. The number of hydrogen-bond acceptors (Lipinski definition) is 2. The predicted octanol–water partition coefficient (Wildman–Crippen LogP) is 4.10. The third-order valence-electron chi connectivity index (χ3n) is 3.44. The van der Waals surface area contributed by atoms with Crippen molar-refractivity contribution in [1.82, 2.24) is 10.3 Å². The van der Waals surface area contributed by atoms with Gasteiger partial charge in [0.15, 0.2) is 0 Å².